The molecule has 1 fully saturated rings. The lowest BCUT2D eigenvalue weighted by Gasteiger charge is -2.34. The van der Waals surface area contributed by atoms with Crippen LogP contribution in [-0.2, 0) is 9.53 Å². The van der Waals surface area contributed by atoms with E-state index in [4.69, 9.17) is 4.74 Å². The number of carboxylic acid groups (broad SMARTS) is 1. The SMILES string of the molecule is CC(C)(C)OC(=O)N1[C@H](C(=O)O)C[C@@]2(C)C#C[C@@H]12. The Balaban J connectivity index is 2.22. The van der Waals surface area contributed by atoms with Gasteiger partial charge in [0.2, 0.25) is 0 Å². The lowest BCUT2D eigenvalue weighted by molar-refractivity contribution is -0.142. The molecule has 1 saturated heterocycles. The standard InChI is InChI=1S/C13H17NO4/c1-12(2,3)18-11(17)14-8(10(15)16)7-13(4)6-5-9(13)14/h8-9H,7H2,1-4H3,(H,15,16)/t8-,9+,13+/m0/s1. The predicted octanol–water partition coefficient (Wildman–Crippen LogP) is 1.47. The van der Waals surface area contributed by atoms with Crippen molar-refractivity contribution in [2.24, 2.45) is 5.41 Å². The van der Waals surface area contributed by atoms with E-state index < -0.39 is 29.1 Å². The second-order valence-corrected chi connectivity index (χ2v) is 6.04. The zero-order chi connectivity index (χ0) is 13.7. The highest BCUT2D eigenvalue weighted by Gasteiger charge is 2.57. The van der Waals surface area contributed by atoms with E-state index in [1.807, 2.05) is 6.92 Å². The molecule has 1 amide bonds. The highest BCUT2D eigenvalue weighted by Crippen LogP contribution is 2.44. The van der Waals surface area contributed by atoms with Gasteiger partial charge in [0.25, 0.3) is 0 Å². The average Bonchev–Trinajstić information content (AvgIpc) is 2.36. The largest absolute Gasteiger partial charge is 0.480 e. The van der Waals surface area contributed by atoms with Crippen LogP contribution in [0.3, 0.4) is 0 Å². The summed E-state index contributed by atoms with van der Waals surface area (Å²) in [6, 6.07) is -1.20. The summed E-state index contributed by atoms with van der Waals surface area (Å²) in [4.78, 5) is 24.6. The molecule has 5 nitrogen and oxygen atoms in total. The minimum atomic E-state index is -1.01. The maximum atomic E-state index is 12.1. The van der Waals surface area contributed by atoms with Crippen LogP contribution in [0.4, 0.5) is 4.79 Å². The van der Waals surface area contributed by atoms with E-state index in [0.717, 1.165) is 0 Å². The van der Waals surface area contributed by atoms with Gasteiger partial charge in [0.15, 0.2) is 0 Å². The van der Waals surface area contributed by atoms with Crippen LogP contribution < -0.4 is 0 Å². The Labute approximate surface area is 106 Å². The van der Waals surface area contributed by atoms with Crippen LogP contribution in [0.15, 0.2) is 0 Å². The Kier molecular flexibility index (Phi) is 2.58. The summed E-state index contributed by atoms with van der Waals surface area (Å²) < 4.78 is 5.26. The first kappa shape index (κ1) is 12.7. The molecule has 0 spiro atoms. The van der Waals surface area contributed by atoms with E-state index in [0.29, 0.717) is 6.42 Å². The Morgan fingerprint density at radius 3 is 2.44 bits per heavy atom. The molecule has 1 N–H and O–H groups in total. The smallest absolute Gasteiger partial charge is 0.412 e. The number of likely N-dealkylation sites (tertiary alicyclic amines) is 1. The third kappa shape index (κ3) is 1.92. The number of rotatable bonds is 1. The zero-order valence-corrected chi connectivity index (χ0v) is 11.0. The number of amides is 1. The number of fused-ring (bicyclic) bond motifs is 1. The normalized spacial score (nSPS) is 33.0. The van der Waals surface area contributed by atoms with Crippen molar-refractivity contribution in [3.8, 4) is 11.8 Å². The summed E-state index contributed by atoms with van der Waals surface area (Å²) in [7, 11) is 0. The molecule has 1 aliphatic carbocycles. The molecular formula is C13H17NO4. The van der Waals surface area contributed by atoms with Gasteiger partial charge in [-0.05, 0) is 34.1 Å². The van der Waals surface area contributed by atoms with Gasteiger partial charge in [0.1, 0.15) is 17.7 Å². The first-order valence-corrected chi connectivity index (χ1v) is 5.91. The number of nitrogens with zero attached hydrogens (tertiary/aromatic N) is 1. The third-order valence-corrected chi connectivity index (χ3v) is 3.22. The number of hydrogen-bond acceptors (Lipinski definition) is 3. The average molecular weight is 251 g/mol. The second-order valence-electron chi connectivity index (χ2n) is 6.04. The molecule has 0 saturated carbocycles. The maximum Gasteiger partial charge on any atom is 0.412 e. The highest BCUT2D eigenvalue weighted by atomic mass is 16.6. The van der Waals surface area contributed by atoms with Gasteiger partial charge in [0.05, 0.1) is 5.41 Å². The van der Waals surface area contributed by atoms with Gasteiger partial charge in [0, 0.05) is 0 Å². The fraction of sp³-hybridized carbons (Fsp3) is 0.692. The highest BCUT2D eigenvalue weighted by molar-refractivity contribution is 5.83. The predicted molar refractivity (Wildman–Crippen MR) is 63.8 cm³/mol. The first-order valence-electron chi connectivity index (χ1n) is 5.91. The van der Waals surface area contributed by atoms with Gasteiger partial charge in [-0.25, -0.2) is 9.59 Å². The van der Waals surface area contributed by atoms with E-state index >= 15 is 0 Å². The lowest BCUT2D eigenvalue weighted by Crippen LogP contribution is -2.50. The van der Waals surface area contributed by atoms with E-state index in [-0.39, 0.29) is 6.04 Å². The first-order chi connectivity index (χ1) is 8.14. The molecule has 0 aromatic heterocycles. The van der Waals surface area contributed by atoms with E-state index in [1.165, 1.54) is 4.90 Å². The van der Waals surface area contributed by atoms with Crippen molar-refractivity contribution in [3.05, 3.63) is 0 Å². The van der Waals surface area contributed by atoms with Crippen molar-refractivity contribution >= 4 is 12.1 Å². The van der Waals surface area contributed by atoms with Gasteiger partial charge in [-0.1, -0.05) is 11.8 Å². The minimum absolute atomic E-state index is 0.339. The molecule has 0 radical (unpaired) electrons. The molecule has 98 valence electrons. The van der Waals surface area contributed by atoms with E-state index in [9.17, 15) is 14.7 Å². The van der Waals surface area contributed by atoms with Crippen LogP contribution in [0.25, 0.3) is 0 Å². The van der Waals surface area contributed by atoms with Gasteiger partial charge >= 0.3 is 12.1 Å². The number of carbonyl (C=O) groups is 2. The summed E-state index contributed by atoms with van der Waals surface area (Å²) in [5.74, 6) is 4.80. The van der Waals surface area contributed by atoms with Crippen molar-refractivity contribution in [1.82, 2.24) is 4.90 Å². The molecule has 3 atom stereocenters. The second kappa shape index (κ2) is 3.64. The molecule has 5 heteroatoms. The number of carboxylic acids is 1. The Hall–Kier alpha value is -1.70. The summed E-state index contributed by atoms with van der Waals surface area (Å²) in [5.41, 5.74) is -1.05. The molecule has 2 aliphatic rings. The molecule has 0 bridgehead atoms. The molecular weight excluding hydrogens is 234 g/mol. The van der Waals surface area contributed by atoms with Crippen molar-refractivity contribution in [2.75, 3.05) is 0 Å². The molecule has 0 aromatic carbocycles. The molecule has 18 heavy (non-hydrogen) atoms. The minimum Gasteiger partial charge on any atom is -0.480 e. The third-order valence-electron chi connectivity index (χ3n) is 3.22. The van der Waals surface area contributed by atoms with Crippen LogP contribution in [0.1, 0.15) is 34.1 Å². The monoisotopic (exact) mass is 251 g/mol. The number of carbonyl (C=O) groups excluding carboxylic acids is 1. The molecule has 0 unspecified atom stereocenters. The number of aliphatic carboxylic acids is 1. The van der Waals surface area contributed by atoms with Gasteiger partial charge < -0.3 is 9.84 Å². The Morgan fingerprint density at radius 1 is 1.44 bits per heavy atom. The quantitative estimate of drug-likeness (QED) is 0.717. The topological polar surface area (TPSA) is 66.8 Å². The fourth-order valence-electron chi connectivity index (χ4n) is 2.36. The summed E-state index contributed by atoms with van der Waals surface area (Å²) >= 11 is 0. The van der Waals surface area contributed by atoms with Crippen LogP contribution in [0, 0.1) is 17.3 Å². The van der Waals surface area contributed by atoms with Crippen LogP contribution in [-0.4, -0.2) is 39.8 Å². The molecule has 1 heterocycles. The summed E-state index contributed by atoms with van der Waals surface area (Å²) in [6.45, 7) is 7.14. The van der Waals surface area contributed by atoms with Crippen molar-refractivity contribution in [2.45, 2.75) is 51.8 Å². The molecule has 0 aromatic rings. The molecule has 1 aliphatic heterocycles. The van der Waals surface area contributed by atoms with Crippen molar-refractivity contribution in [3.63, 3.8) is 0 Å². The van der Waals surface area contributed by atoms with E-state index in [2.05, 4.69) is 11.8 Å². The van der Waals surface area contributed by atoms with Crippen LogP contribution in [0.5, 0.6) is 0 Å². The van der Waals surface area contributed by atoms with Crippen molar-refractivity contribution in [1.29, 1.82) is 0 Å². The lowest BCUT2D eigenvalue weighted by atomic mass is 9.76. The Bertz CT molecular complexity index is 468. The van der Waals surface area contributed by atoms with Crippen LogP contribution in [0.2, 0.25) is 0 Å². The van der Waals surface area contributed by atoms with Gasteiger partial charge in [-0.2, -0.15) is 0 Å². The maximum absolute atomic E-state index is 12.1. The summed E-state index contributed by atoms with van der Waals surface area (Å²) in [6.07, 6.45) is -0.239. The fourth-order valence-corrected chi connectivity index (χ4v) is 2.36. The number of ether oxygens (including phenoxy) is 1. The van der Waals surface area contributed by atoms with Crippen molar-refractivity contribution < 1.29 is 19.4 Å². The van der Waals surface area contributed by atoms with Gasteiger partial charge in [-0.15, -0.1) is 0 Å². The summed E-state index contributed by atoms with van der Waals surface area (Å²) in [5, 5.41) is 9.20. The van der Waals surface area contributed by atoms with Crippen LogP contribution >= 0.6 is 0 Å². The number of hydrogen-bond donors (Lipinski definition) is 1. The zero-order valence-electron chi connectivity index (χ0n) is 11.0. The van der Waals surface area contributed by atoms with E-state index in [1.54, 1.807) is 20.8 Å². The molecule has 2 rings (SSSR count). The van der Waals surface area contributed by atoms with Gasteiger partial charge in [-0.3, -0.25) is 4.90 Å². The Morgan fingerprint density at radius 2 is 2.06 bits per heavy atom.